The number of hydrogen-bond donors (Lipinski definition) is 1. The third-order valence-corrected chi connectivity index (χ3v) is 4.89. The fraction of sp³-hybridized carbons (Fsp3) is 0.150. The zero-order valence-electron chi connectivity index (χ0n) is 14.5. The molecule has 0 fully saturated rings. The molecule has 3 amide bonds. The van der Waals surface area contributed by atoms with Gasteiger partial charge in [-0.25, -0.2) is 4.79 Å². The van der Waals surface area contributed by atoms with Crippen LogP contribution >= 0.6 is 0 Å². The number of aromatic carboxylic acids is 1. The number of amides is 3. The Hall–Kier alpha value is -3.61. The van der Waals surface area contributed by atoms with Gasteiger partial charge in [-0.05, 0) is 23.3 Å². The summed E-state index contributed by atoms with van der Waals surface area (Å²) in [7, 11) is 1.61. The summed E-state index contributed by atoms with van der Waals surface area (Å²) < 4.78 is 0. The maximum Gasteiger partial charge on any atom is 0.322 e. The molecule has 2 aromatic rings. The van der Waals surface area contributed by atoms with E-state index in [1.54, 1.807) is 19.2 Å². The van der Waals surface area contributed by atoms with Gasteiger partial charge in [0, 0.05) is 12.7 Å². The lowest BCUT2D eigenvalue weighted by atomic mass is 9.96. The van der Waals surface area contributed by atoms with Crippen molar-refractivity contribution in [2.45, 2.75) is 6.04 Å². The SMILES string of the molecule is CN1C(=O)N[C@H](c2ccccc2)C2=C1CN(c1cccc(C(=O)[O-])c1)C2=O. The van der Waals surface area contributed by atoms with E-state index in [4.69, 9.17) is 0 Å². The fourth-order valence-corrected chi connectivity index (χ4v) is 3.47. The van der Waals surface area contributed by atoms with Crippen LogP contribution in [0.25, 0.3) is 0 Å². The molecule has 0 radical (unpaired) electrons. The lowest BCUT2D eigenvalue weighted by Gasteiger charge is -2.31. The number of hydrogen-bond acceptors (Lipinski definition) is 4. The van der Waals surface area contributed by atoms with Crippen LogP contribution in [0, 0.1) is 0 Å². The molecule has 1 N–H and O–H groups in total. The number of carboxylic acids is 1. The van der Waals surface area contributed by atoms with Crippen LogP contribution < -0.4 is 15.3 Å². The highest BCUT2D eigenvalue weighted by atomic mass is 16.4. The number of carbonyl (C=O) groups is 3. The first-order chi connectivity index (χ1) is 13.0. The lowest BCUT2D eigenvalue weighted by Crippen LogP contribution is -2.45. The average molecular weight is 362 g/mol. The van der Waals surface area contributed by atoms with E-state index in [1.807, 2.05) is 30.3 Å². The molecule has 0 saturated carbocycles. The molecule has 136 valence electrons. The molecule has 2 aliphatic heterocycles. The summed E-state index contributed by atoms with van der Waals surface area (Å²) in [5, 5.41) is 14.0. The van der Waals surface area contributed by atoms with Gasteiger partial charge in [0.1, 0.15) is 0 Å². The minimum Gasteiger partial charge on any atom is -0.545 e. The Kier molecular flexibility index (Phi) is 3.92. The summed E-state index contributed by atoms with van der Waals surface area (Å²) in [6.07, 6.45) is 0. The molecule has 0 aliphatic carbocycles. The zero-order chi connectivity index (χ0) is 19.1. The minimum absolute atomic E-state index is 0.00710. The molecule has 1 atom stereocenters. The molecule has 0 unspecified atom stereocenters. The summed E-state index contributed by atoms with van der Waals surface area (Å²) in [5.41, 5.74) is 2.35. The van der Waals surface area contributed by atoms with Gasteiger partial charge in [0.15, 0.2) is 0 Å². The lowest BCUT2D eigenvalue weighted by molar-refractivity contribution is -0.255. The van der Waals surface area contributed by atoms with Gasteiger partial charge < -0.3 is 20.1 Å². The summed E-state index contributed by atoms with van der Waals surface area (Å²) >= 11 is 0. The van der Waals surface area contributed by atoms with Crippen molar-refractivity contribution in [3.8, 4) is 0 Å². The van der Waals surface area contributed by atoms with Crippen LogP contribution in [0.15, 0.2) is 65.9 Å². The Balaban J connectivity index is 1.75. The van der Waals surface area contributed by atoms with E-state index >= 15 is 0 Å². The van der Waals surface area contributed by atoms with Gasteiger partial charge in [-0.1, -0.05) is 42.5 Å². The van der Waals surface area contributed by atoms with Crippen LogP contribution in [0.3, 0.4) is 0 Å². The standard InChI is InChI=1S/C20H17N3O4/c1-22-15-11-23(14-9-5-8-13(10-14)19(25)26)18(24)16(15)17(21-20(22)27)12-6-3-2-4-7-12/h2-10,17H,11H2,1H3,(H,21,27)(H,25,26)/p-1/t17-/m1/s1. The number of carboxylic acid groups (broad SMARTS) is 1. The molecule has 7 nitrogen and oxygen atoms in total. The highest BCUT2D eigenvalue weighted by Crippen LogP contribution is 2.37. The van der Waals surface area contributed by atoms with Gasteiger partial charge in [-0.3, -0.25) is 9.69 Å². The quantitative estimate of drug-likeness (QED) is 0.883. The largest absolute Gasteiger partial charge is 0.545 e. The van der Waals surface area contributed by atoms with Crippen molar-refractivity contribution in [1.82, 2.24) is 10.2 Å². The smallest absolute Gasteiger partial charge is 0.322 e. The molecule has 2 heterocycles. The highest BCUT2D eigenvalue weighted by Gasteiger charge is 2.43. The molecular formula is C20H16N3O4-. The van der Waals surface area contributed by atoms with E-state index in [1.165, 1.54) is 21.9 Å². The molecular weight excluding hydrogens is 346 g/mol. The van der Waals surface area contributed by atoms with E-state index in [2.05, 4.69) is 5.32 Å². The van der Waals surface area contributed by atoms with E-state index in [0.717, 1.165) is 5.56 Å². The summed E-state index contributed by atoms with van der Waals surface area (Å²) in [6.45, 7) is 0.192. The van der Waals surface area contributed by atoms with Crippen molar-refractivity contribution in [3.63, 3.8) is 0 Å². The molecule has 0 aromatic heterocycles. The Morgan fingerprint density at radius 2 is 1.85 bits per heavy atom. The van der Waals surface area contributed by atoms with Gasteiger partial charge in [-0.15, -0.1) is 0 Å². The minimum atomic E-state index is -1.31. The van der Waals surface area contributed by atoms with Crippen LogP contribution in [0.4, 0.5) is 10.5 Å². The number of urea groups is 1. The number of nitrogens with one attached hydrogen (secondary N) is 1. The van der Waals surface area contributed by atoms with Crippen molar-refractivity contribution >= 4 is 23.6 Å². The highest BCUT2D eigenvalue weighted by molar-refractivity contribution is 6.12. The second-order valence-electron chi connectivity index (χ2n) is 6.44. The third-order valence-electron chi connectivity index (χ3n) is 4.89. The number of anilines is 1. The van der Waals surface area contributed by atoms with Gasteiger partial charge in [0.2, 0.25) is 0 Å². The monoisotopic (exact) mass is 362 g/mol. The van der Waals surface area contributed by atoms with Crippen molar-refractivity contribution in [2.24, 2.45) is 0 Å². The molecule has 7 heteroatoms. The van der Waals surface area contributed by atoms with E-state index < -0.39 is 12.0 Å². The van der Waals surface area contributed by atoms with Crippen LogP contribution in [-0.2, 0) is 4.79 Å². The fourth-order valence-electron chi connectivity index (χ4n) is 3.47. The van der Waals surface area contributed by atoms with E-state index in [0.29, 0.717) is 17.0 Å². The molecule has 27 heavy (non-hydrogen) atoms. The van der Waals surface area contributed by atoms with Crippen LogP contribution in [0.2, 0.25) is 0 Å². The number of carbonyl (C=O) groups excluding carboxylic acids is 3. The first kappa shape index (κ1) is 16.8. The summed E-state index contributed by atoms with van der Waals surface area (Å²) in [6, 6.07) is 14.5. The predicted octanol–water partition coefficient (Wildman–Crippen LogP) is 1.05. The predicted molar refractivity (Wildman–Crippen MR) is 95.6 cm³/mol. The third kappa shape index (κ3) is 2.73. The second-order valence-corrected chi connectivity index (χ2v) is 6.44. The number of rotatable bonds is 3. The van der Waals surface area contributed by atoms with Gasteiger partial charge in [-0.2, -0.15) is 0 Å². The Morgan fingerprint density at radius 3 is 2.56 bits per heavy atom. The molecule has 2 aliphatic rings. The molecule has 0 spiro atoms. The maximum absolute atomic E-state index is 13.2. The Labute approximate surface area is 155 Å². The van der Waals surface area contributed by atoms with E-state index in [9.17, 15) is 19.5 Å². The molecule has 2 aromatic carbocycles. The van der Waals surface area contributed by atoms with Gasteiger partial charge in [0.05, 0.1) is 29.8 Å². The van der Waals surface area contributed by atoms with Crippen molar-refractivity contribution in [3.05, 3.63) is 77.0 Å². The molecule has 4 rings (SSSR count). The van der Waals surface area contributed by atoms with Crippen molar-refractivity contribution in [2.75, 3.05) is 18.5 Å². The first-order valence-corrected chi connectivity index (χ1v) is 8.43. The molecule has 0 saturated heterocycles. The normalized spacial score (nSPS) is 19.2. The summed E-state index contributed by atoms with van der Waals surface area (Å²) in [5.74, 6) is -1.57. The average Bonchev–Trinajstić information content (AvgIpc) is 3.03. The van der Waals surface area contributed by atoms with Crippen molar-refractivity contribution < 1.29 is 19.5 Å². The zero-order valence-corrected chi connectivity index (χ0v) is 14.5. The van der Waals surface area contributed by atoms with Gasteiger partial charge in [0.25, 0.3) is 5.91 Å². The van der Waals surface area contributed by atoms with Crippen LogP contribution in [0.1, 0.15) is 22.0 Å². The number of nitrogens with zero attached hydrogens (tertiary/aromatic N) is 2. The molecule has 0 bridgehead atoms. The van der Waals surface area contributed by atoms with Crippen LogP contribution in [0.5, 0.6) is 0 Å². The van der Waals surface area contributed by atoms with Crippen molar-refractivity contribution in [1.29, 1.82) is 0 Å². The Morgan fingerprint density at radius 1 is 1.11 bits per heavy atom. The van der Waals surface area contributed by atoms with E-state index in [-0.39, 0.29) is 24.0 Å². The summed E-state index contributed by atoms with van der Waals surface area (Å²) in [4.78, 5) is 39.6. The van der Waals surface area contributed by atoms with Gasteiger partial charge >= 0.3 is 6.03 Å². The van der Waals surface area contributed by atoms with Crippen LogP contribution in [-0.4, -0.2) is 36.4 Å². The number of likely N-dealkylation sites (N-methyl/N-ethyl adjacent to an activating group) is 1. The Bertz CT molecular complexity index is 984. The second kappa shape index (κ2) is 6.28. The topological polar surface area (TPSA) is 92.8 Å². The maximum atomic E-state index is 13.2. The first-order valence-electron chi connectivity index (χ1n) is 8.43. The number of benzene rings is 2.